The molecule has 3 aromatic rings. The number of hydrogen-bond acceptors (Lipinski definition) is 7. The summed E-state index contributed by atoms with van der Waals surface area (Å²) in [5, 5.41) is 2.89. The van der Waals surface area contributed by atoms with Crippen LogP contribution < -0.4 is 19.5 Å². The minimum absolute atomic E-state index is 0.124. The third kappa shape index (κ3) is 4.03. The average Bonchev–Trinajstić information content (AvgIpc) is 3.27. The maximum atomic E-state index is 12.6. The summed E-state index contributed by atoms with van der Waals surface area (Å²) in [5.41, 5.74) is 1.92. The molecule has 8 nitrogen and oxygen atoms in total. The van der Waals surface area contributed by atoms with Gasteiger partial charge in [-0.25, -0.2) is 13.4 Å². The van der Waals surface area contributed by atoms with Gasteiger partial charge in [0.2, 0.25) is 6.79 Å². The van der Waals surface area contributed by atoms with Gasteiger partial charge in [-0.05, 0) is 38.1 Å². The first-order chi connectivity index (χ1) is 13.8. The molecule has 0 fully saturated rings. The normalized spacial score (nSPS) is 12.6. The van der Waals surface area contributed by atoms with Gasteiger partial charge in [-0.15, -0.1) is 0 Å². The number of benzene rings is 2. The van der Waals surface area contributed by atoms with Crippen molar-refractivity contribution in [1.29, 1.82) is 0 Å². The number of rotatable bonds is 5. The molecule has 0 aliphatic carbocycles. The predicted octanol–water partition coefficient (Wildman–Crippen LogP) is 3.54. The van der Waals surface area contributed by atoms with Gasteiger partial charge in [0.25, 0.3) is 15.9 Å². The highest BCUT2D eigenvalue weighted by Gasteiger charge is 2.21. The van der Waals surface area contributed by atoms with Crippen LogP contribution in [0.3, 0.4) is 0 Å². The molecule has 0 saturated heterocycles. The number of nitrogens with zero attached hydrogens (tertiary/aromatic N) is 1. The Morgan fingerprint density at radius 3 is 2.55 bits per heavy atom. The van der Waals surface area contributed by atoms with Crippen molar-refractivity contribution >= 4 is 38.1 Å². The van der Waals surface area contributed by atoms with E-state index in [-0.39, 0.29) is 22.7 Å². The fourth-order valence-electron chi connectivity index (χ4n) is 2.70. The SMILES string of the molecule is Cc1ccc(S(=O)(=O)Nc2nc(C)c(C(=O)Nc3ccc4c(c3)OCO4)s2)cc1. The lowest BCUT2D eigenvalue weighted by molar-refractivity contribution is 0.103. The van der Waals surface area contributed by atoms with Crippen LogP contribution in [0.25, 0.3) is 0 Å². The van der Waals surface area contributed by atoms with Crippen LogP contribution in [0.15, 0.2) is 47.4 Å². The van der Waals surface area contributed by atoms with E-state index in [0.717, 1.165) is 16.9 Å². The Kier molecular flexibility index (Phi) is 4.89. The van der Waals surface area contributed by atoms with Crippen molar-refractivity contribution in [3.8, 4) is 11.5 Å². The summed E-state index contributed by atoms with van der Waals surface area (Å²) in [4.78, 5) is 17.3. The molecule has 29 heavy (non-hydrogen) atoms. The lowest BCUT2D eigenvalue weighted by Gasteiger charge is -2.05. The van der Waals surface area contributed by atoms with Crippen molar-refractivity contribution in [1.82, 2.24) is 4.98 Å². The van der Waals surface area contributed by atoms with E-state index in [1.165, 1.54) is 12.1 Å². The molecule has 1 amide bonds. The number of anilines is 2. The third-order valence-electron chi connectivity index (χ3n) is 4.19. The fourth-order valence-corrected chi connectivity index (χ4v) is 4.80. The van der Waals surface area contributed by atoms with E-state index in [0.29, 0.717) is 27.8 Å². The smallest absolute Gasteiger partial charge is 0.267 e. The highest BCUT2D eigenvalue weighted by Crippen LogP contribution is 2.34. The molecular formula is C19H17N3O5S2. The molecule has 0 unspecified atom stereocenters. The first kappa shape index (κ1) is 19.2. The molecular weight excluding hydrogens is 414 g/mol. The molecule has 4 rings (SSSR count). The van der Waals surface area contributed by atoms with E-state index in [4.69, 9.17) is 9.47 Å². The Balaban J connectivity index is 1.51. The van der Waals surface area contributed by atoms with E-state index >= 15 is 0 Å². The zero-order chi connectivity index (χ0) is 20.6. The molecule has 1 aliphatic rings. The summed E-state index contributed by atoms with van der Waals surface area (Å²) in [6.45, 7) is 3.67. The first-order valence-corrected chi connectivity index (χ1v) is 10.9. The van der Waals surface area contributed by atoms with Crippen LogP contribution in [0.5, 0.6) is 11.5 Å². The van der Waals surface area contributed by atoms with Gasteiger partial charge < -0.3 is 14.8 Å². The second kappa shape index (κ2) is 7.37. The minimum Gasteiger partial charge on any atom is -0.454 e. The highest BCUT2D eigenvalue weighted by atomic mass is 32.2. The third-order valence-corrected chi connectivity index (χ3v) is 6.74. The standard InChI is InChI=1S/C19H17N3O5S2/c1-11-3-6-14(7-4-11)29(24,25)22-19-20-12(2)17(28-19)18(23)21-13-5-8-15-16(9-13)27-10-26-15/h3-9H,10H2,1-2H3,(H,20,22)(H,21,23). The van der Waals surface area contributed by atoms with Gasteiger partial charge in [0, 0.05) is 11.8 Å². The molecule has 0 radical (unpaired) electrons. The zero-order valence-corrected chi connectivity index (χ0v) is 17.2. The summed E-state index contributed by atoms with van der Waals surface area (Å²) < 4.78 is 38.0. The number of nitrogens with one attached hydrogen (secondary N) is 2. The van der Waals surface area contributed by atoms with Crippen molar-refractivity contribution < 1.29 is 22.7 Å². The van der Waals surface area contributed by atoms with Crippen LogP contribution in [-0.4, -0.2) is 26.1 Å². The second-order valence-corrected chi connectivity index (χ2v) is 9.06. The van der Waals surface area contributed by atoms with Crippen molar-refractivity contribution in [3.05, 3.63) is 58.6 Å². The van der Waals surface area contributed by atoms with Crippen molar-refractivity contribution in [2.24, 2.45) is 0 Å². The number of aryl methyl sites for hydroxylation is 2. The van der Waals surface area contributed by atoms with Crippen LogP contribution in [0.4, 0.5) is 10.8 Å². The Bertz CT molecular complexity index is 1190. The Labute approximate surface area is 171 Å². The number of hydrogen-bond donors (Lipinski definition) is 2. The summed E-state index contributed by atoms with van der Waals surface area (Å²) >= 11 is 0.968. The molecule has 2 heterocycles. The summed E-state index contributed by atoms with van der Waals surface area (Å²) in [5.74, 6) is 0.778. The fraction of sp³-hybridized carbons (Fsp3) is 0.158. The van der Waals surface area contributed by atoms with Crippen LogP contribution in [-0.2, 0) is 10.0 Å². The molecule has 0 atom stereocenters. The van der Waals surface area contributed by atoms with E-state index in [1.54, 1.807) is 37.3 Å². The molecule has 150 valence electrons. The zero-order valence-electron chi connectivity index (χ0n) is 15.6. The molecule has 2 N–H and O–H groups in total. The van der Waals surface area contributed by atoms with Crippen LogP contribution in [0, 0.1) is 13.8 Å². The van der Waals surface area contributed by atoms with Gasteiger partial charge in [-0.1, -0.05) is 29.0 Å². The molecule has 1 aromatic heterocycles. The highest BCUT2D eigenvalue weighted by molar-refractivity contribution is 7.93. The van der Waals surface area contributed by atoms with Gasteiger partial charge in [0.15, 0.2) is 16.6 Å². The lowest BCUT2D eigenvalue weighted by atomic mass is 10.2. The van der Waals surface area contributed by atoms with E-state index in [1.807, 2.05) is 6.92 Å². The van der Waals surface area contributed by atoms with Crippen LogP contribution in [0.1, 0.15) is 20.9 Å². The summed E-state index contributed by atoms with van der Waals surface area (Å²) in [6, 6.07) is 11.5. The molecule has 0 saturated carbocycles. The van der Waals surface area contributed by atoms with Crippen molar-refractivity contribution in [3.63, 3.8) is 0 Å². The van der Waals surface area contributed by atoms with Crippen molar-refractivity contribution in [2.45, 2.75) is 18.7 Å². The molecule has 0 spiro atoms. The topological polar surface area (TPSA) is 107 Å². The maximum Gasteiger partial charge on any atom is 0.267 e. The minimum atomic E-state index is -3.79. The summed E-state index contributed by atoms with van der Waals surface area (Å²) in [6.07, 6.45) is 0. The van der Waals surface area contributed by atoms with Gasteiger partial charge in [0.05, 0.1) is 10.6 Å². The second-order valence-electron chi connectivity index (χ2n) is 6.37. The van der Waals surface area contributed by atoms with Gasteiger partial charge in [0.1, 0.15) is 4.88 Å². The number of ether oxygens (including phenoxy) is 2. The largest absolute Gasteiger partial charge is 0.454 e. The summed E-state index contributed by atoms with van der Waals surface area (Å²) in [7, 11) is -3.79. The van der Waals surface area contributed by atoms with E-state index in [2.05, 4.69) is 15.0 Å². The molecule has 10 heteroatoms. The number of fused-ring (bicyclic) bond motifs is 1. The van der Waals surface area contributed by atoms with E-state index in [9.17, 15) is 13.2 Å². The molecule has 0 bridgehead atoms. The molecule has 2 aromatic carbocycles. The van der Waals surface area contributed by atoms with Gasteiger partial charge in [-0.3, -0.25) is 9.52 Å². The molecule has 1 aliphatic heterocycles. The number of sulfonamides is 1. The van der Waals surface area contributed by atoms with Crippen LogP contribution in [0.2, 0.25) is 0 Å². The number of carbonyl (C=O) groups is 1. The first-order valence-electron chi connectivity index (χ1n) is 8.60. The van der Waals surface area contributed by atoms with Gasteiger partial charge >= 0.3 is 0 Å². The van der Waals surface area contributed by atoms with Crippen LogP contribution >= 0.6 is 11.3 Å². The quantitative estimate of drug-likeness (QED) is 0.640. The number of amides is 1. The number of carbonyl (C=O) groups excluding carboxylic acids is 1. The number of thiazole rings is 1. The van der Waals surface area contributed by atoms with E-state index < -0.39 is 10.0 Å². The number of aromatic nitrogens is 1. The monoisotopic (exact) mass is 431 g/mol. The van der Waals surface area contributed by atoms with Crippen molar-refractivity contribution in [2.75, 3.05) is 16.8 Å². The van der Waals surface area contributed by atoms with Gasteiger partial charge in [-0.2, -0.15) is 0 Å². The Morgan fingerprint density at radius 2 is 1.79 bits per heavy atom. The lowest BCUT2D eigenvalue weighted by Crippen LogP contribution is -2.12. The maximum absolute atomic E-state index is 12.6. The average molecular weight is 431 g/mol. The predicted molar refractivity (Wildman–Crippen MR) is 109 cm³/mol. The Morgan fingerprint density at radius 1 is 1.07 bits per heavy atom. The Hall–Kier alpha value is -3.11.